The van der Waals surface area contributed by atoms with Crippen molar-refractivity contribution < 1.29 is 9.53 Å². The molecule has 0 saturated heterocycles. The fraction of sp³-hybridized carbons (Fsp3) is 0.550. The topological polar surface area (TPSA) is 54.1 Å². The molecule has 4 nitrogen and oxygen atoms in total. The Kier molecular flexibility index (Phi) is 6.38. The first-order chi connectivity index (χ1) is 12.2. The molecule has 1 saturated carbocycles. The number of benzene rings is 1. The summed E-state index contributed by atoms with van der Waals surface area (Å²) in [5, 5.41) is 4.86. The maximum absolute atomic E-state index is 12.5. The summed E-state index contributed by atoms with van der Waals surface area (Å²) in [4.78, 5) is 15.8. The van der Waals surface area contributed by atoms with Crippen molar-refractivity contribution in [2.45, 2.75) is 44.4 Å². The molecule has 2 aromatic rings. The molecule has 5 heteroatoms. The monoisotopic (exact) mass is 362 g/mol. The fourth-order valence-electron chi connectivity index (χ4n) is 4.05. The first-order valence-corrected chi connectivity index (χ1v) is 9.59. The minimum absolute atomic E-state index is 0.101. The zero-order chi connectivity index (χ0) is 17.6. The van der Waals surface area contributed by atoms with Crippen LogP contribution in [0.3, 0.4) is 0 Å². The van der Waals surface area contributed by atoms with Gasteiger partial charge >= 0.3 is 0 Å². The van der Waals surface area contributed by atoms with Crippen LogP contribution in [0.2, 0.25) is 5.02 Å². The minimum Gasteiger partial charge on any atom is -0.383 e. The number of rotatable bonds is 7. The number of carbonyl (C=O) groups is 1. The van der Waals surface area contributed by atoms with Crippen LogP contribution >= 0.6 is 11.6 Å². The lowest BCUT2D eigenvalue weighted by atomic mass is 9.75. The van der Waals surface area contributed by atoms with Crippen LogP contribution in [0.4, 0.5) is 0 Å². The van der Waals surface area contributed by atoms with E-state index in [4.69, 9.17) is 16.3 Å². The lowest BCUT2D eigenvalue weighted by Crippen LogP contribution is -2.30. The van der Waals surface area contributed by atoms with E-state index in [9.17, 15) is 4.79 Å². The van der Waals surface area contributed by atoms with Crippen LogP contribution in [0.15, 0.2) is 24.4 Å². The molecule has 25 heavy (non-hydrogen) atoms. The highest BCUT2D eigenvalue weighted by molar-refractivity contribution is 6.31. The van der Waals surface area contributed by atoms with Gasteiger partial charge in [0.05, 0.1) is 6.61 Å². The molecule has 3 rings (SSSR count). The van der Waals surface area contributed by atoms with Gasteiger partial charge in [-0.25, -0.2) is 0 Å². The lowest BCUT2D eigenvalue weighted by Gasteiger charge is -2.30. The second-order valence-electron chi connectivity index (χ2n) is 6.99. The van der Waals surface area contributed by atoms with E-state index < -0.39 is 0 Å². The molecular formula is C20H27ClN2O2. The minimum atomic E-state index is 0.101. The van der Waals surface area contributed by atoms with E-state index in [0.717, 1.165) is 15.9 Å². The van der Waals surface area contributed by atoms with Gasteiger partial charge in [0.25, 0.3) is 0 Å². The highest BCUT2D eigenvalue weighted by Gasteiger charge is 2.29. The Hall–Kier alpha value is -1.52. The maximum atomic E-state index is 12.5. The van der Waals surface area contributed by atoms with Gasteiger partial charge in [-0.3, -0.25) is 4.79 Å². The highest BCUT2D eigenvalue weighted by atomic mass is 35.5. The number of ether oxygens (including phenoxy) is 1. The third-order valence-electron chi connectivity index (χ3n) is 5.33. The second kappa shape index (κ2) is 8.72. The van der Waals surface area contributed by atoms with E-state index in [1.54, 1.807) is 7.11 Å². The van der Waals surface area contributed by atoms with Crippen molar-refractivity contribution in [3.8, 4) is 0 Å². The van der Waals surface area contributed by atoms with Crippen LogP contribution in [0.25, 0.3) is 10.9 Å². The van der Waals surface area contributed by atoms with E-state index >= 15 is 0 Å². The van der Waals surface area contributed by atoms with Crippen LogP contribution in [0, 0.1) is 5.92 Å². The summed E-state index contributed by atoms with van der Waals surface area (Å²) in [7, 11) is 1.65. The summed E-state index contributed by atoms with van der Waals surface area (Å²) in [6.07, 6.45) is 8.82. The Morgan fingerprint density at radius 1 is 1.36 bits per heavy atom. The van der Waals surface area contributed by atoms with Gasteiger partial charge in [-0.05, 0) is 48.4 Å². The fourth-order valence-corrected chi connectivity index (χ4v) is 4.22. The van der Waals surface area contributed by atoms with E-state index in [1.165, 1.54) is 37.7 Å². The SMILES string of the molecule is COCCNC(=O)CC(c1c[nH]c2ccc(Cl)cc12)C1CCCCC1. The first kappa shape index (κ1) is 18.3. The molecule has 1 aliphatic carbocycles. The van der Waals surface area contributed by atoms with Crippen LogP contribution in [-0.4, -0.2) is 31.2 Å². The Morgan fingerprint density at radius 3 is 2.92 bits per heavy atom. The van der Waals surface area contributed by atoms with Gasteiger partial charge in [0.1, 0.15) is 0 Å². The molecule has 0 bridgehead atoms. The molecule has 1 amide bonds. The summed E-state index contributed by atoms with van der Waals surface area (Å²) >= 11 is 6.22. The zero-order valence-corrected chi connectivity index (χ0v) is 15.6. The molecule has 1 aliphatic rings. The summed E-state index contributed by atoms with van der Waals surface area (Å²) in [5.41, 5.74) is 2.31. The van der Waals surface area contributed by atoms with Crippen molar-refractivity contribution in [3.63, 3.8) is 0 Å². The number of nitrogens with one attached hydrogen (secondary N) is 2. The molecular weight excluding hydrogens is 336 g/mol. The Balaban J connectivity index is 1.84. The number of aromatic nitrogens is 1. The van der Waals surface area contributed by atoms with Crippen LogP contribution in [0.1, 0.15) is 50.0 Å². The molecule has 1 fully saturated rings. The van der Waals surface area contributed by atoms with E-state index in [2.05, 4.69) is 16.5 Å². The summed E-state index contributed by atoms with van der Waals surface area (Å²) < 4.78 is 5.02. The molecule has 2 N–H and O–H groups in total. The summed E-state index contributed by atoms with van der Waals surface area (Å²) in [6.45, 7) is 1.11. The standard InChI is InChI=1S/C20H27ClN2O2/c1-25-10-9-22-20(24)12-16(14-5-3-2-4-6-14)18-13-23-19-8-7-15(21)11-17(18)19/h7-8,11,13-14,16,23H,2-6,9-10,12H2,1H3,(H,22,24). The predicted octanol–water partition coefficient (Wildman–Crippen LogP) is 4.64. The average molecular weight is 363 g/mol. The number of halogens is 1. The summed E-state index contributed by atoms with van der Waals surface area (Å²) in [6, 6.07) is 5.93. The predicted molar refractivity (Wildman–Crippen MR) is 102 cm³/mol. The molecule has 1 heterocycles. The number of H-pyrrole nitrogens is 1. The molecule has 0 aliphatic heterocycles. The van der Waals surface area contributed by atoms with Crippen molar-refractivity contribution in [1.82, 2.24) is 10.3 Å². The lowest BCUT2D eigenvalue weighted by molar-refractivity contribution is -0.122. The quantitative estimate of drug-likeness (QED) is 0.705. The normalized spacial score (nSPS) is 16.9. The summed E-state index contributed by atoms with van der Waals surface area (Å²) in [5.74, 6) is 0.888. The van der Waals surface area contributed by atoms with Gasteiger partial charge in [0, 0.05) is 42.2 Å². The van der Waals surface area contributed by atoms with Crippen molar-refractivity contribution in [1.29, 1.82) is 0 Å². The molecule has 1 aromatic heterocycles. The molecule has 1 unspecified atom stereocenters. The number of aromatic amines is 1. The third kappa shape index (κ3) is 4.56. The first-order valence-electron chi connectivity index (χ1n) is 9.21. The van der Waals surface area contributed by atoms with Crippen LogP contribution in [0.5, 0.6) is 0 Å². The molecule has 0 radical (unpaired) electrons. The third-order valence-corrected chi connectivity index (χ3v) is 5.56. The van der Waals surface area contributed by atoms with Crippen molar-refractivity contribution in [2.24, 2.45) is 5.92 Å². The average Bonchev–Trinajstić information content (AvgIpc) is 3.03. The van der Waals surface area contributed by atoms with Crippen LogP contribution in [-0.2, 0) is 9.53 Å². The van der Waals surface area contributed by atoms with Gasteiger partial charge in [-0.1, -0.05) is 30.9 Å². The zero-order valence-electron chi connectivity index (χ0n) is 14.8. The molecule has 1 aromatic carbocycles. The van der Waals surface area contributed by atoms with Gasteiger partial charge < -0.3 is 15.0 Å². The van der Waals surface area contributed by atoms with E-state index in [1.807, 2.05) is 18.2 Å². The number of amides is 1. The maximum Gasteiger partial charge on any atom is 0.220 e. The second-order valence-corrected chi connectivity index (χ2v) is 7.42. The van der Waals surface area contributed by atoms with Crippen molar-refractivity contribution in [2.75, 3.05) is 20.3 Å². The van der Waals surface area contributed by atoms with E-state index in [-0.39, 0.29) is 11.8 Å². The van der Waals surface area contributed by atoms with Gasteiger partial charge in [0.15, 0.2) is 0 Å². The molecule has 0 spiro atoms. The molecule has 136 valence electrons. The van der Waals surface area contributed by atoms with Gasteiger partial charge in [-0.2, -0.15) is 0 Å². The van der Waals surface area contributed by atoms with Crippen molar-refractivity contribution in [3.05, 3.63) is 35.0 Å². The van der Waals surface area contributed by atoms with Gasteiger partial charge in [-0.15, -0.1) is 0 Å². The number of carbonyl (C=O) groups excluding carboxylic acids is 1. The Morgan fingerprint density at radius 2 is 2.16 bits per heavy atom. The smallest absolute Gasteiger partial charge is 0.220 e. The Labute approximate surface area is 154 Å². The largest absolute Gasteiger partial charge is 0.383 e. The highest BCUT2D eigenvalue weighted by Crippen LogP contribution is 2.41. The number of methoxy groups -OCH3 is 1. The van der Waals surface area contributed by atoms with E-state index in [0.29, 0.717) is 25.5 Å². The number of hydrogen-bond donors (Lipinski definition) is 2. The van der Waals surface area contributed by atoms with Crippen LogP contribution < -0.4 is 5.32 Å². The number of hydrogen-bond acceptors (Lipinski definition) is 2. The number of fused-ring (bicyclic) bond motifs is 1. The van der Waals surface area contributed by atoms with Crippen molar-refractivity contribution >= 4 is 28.4 Å². The Bertz CT molecular complexity index is 707. The van der Waals surface area contributed by atoms with Gasteiger partial charge in [0.2, 0.25) is 5.91 Å². The molecule has 1 atom stereocenters.